The number of halogens is 3. The van der Waals surface area contributed by atoms with Crippen molar-refractivity contribution >= 4 is 45.0 Å². The first-order valence-corrected chi connectivity index (χ1v) is 9.35. The van der Waals surface area contributed by atoms with Crippen LogP contribution >= 0.6 is 23.7 Å². The summed E-state index contributed by atoms with van der Waals surface area (Å²) in [7, 11) is 3.79. The van der Waals surface area contributed by atoms with Crippen LogP contribution in [0.5, 0.6) is 0 Å². The molecular weight excluding hydrogens is 408 g/mol. The molecule has 0 radical (unpaired) electrons. The van der Waals surface area contributed by atoms with Gasteiger partial charge in [-0.25, -0.2) is 13.8 Å². The quantitative estimate of drug-likeness (QED) is 0.594. The second-order valence-electron chi connectivity index (χ2n) is 6.75. The fourth-order valence-electron chi connectivity index (χ4n) is 2.68. The van der Waals surface area contributed by atoms with E-state index in [9.17, 15) is 13.6 Å². The second kappa shape index (κ2) is 8.93. The minimum absolute atomic E-state index is 0. The number of carbonyl (C=O) groups excluding carboxylic acids is 1. The molecule has 3 aromatic rings. The Morgan fingerprint density at radius 3 is 2.61 bits per heavy atom. The van der Waals surface area contributed by atoms with Crippen LogP contribution in [0, 0.1) is 11.6 Å². The first-order chi connectivity index (χ1) is 12.8. The summed E-state index contributed by atoms with van der Waals surface area (Å²) >= 11 is 1.09. The number of benzene rings is 1. The average Bonchev–Trinajstić information content (AvgIpc) is 3.21. The molecule has 2 heterocycles. The summed E-state index contributed by atoms with van der Waals surface area (Å²) in [5, 5.41) is 4.54. The van der Waals surface area contributed by atoms with Crippen LogP contribution in [0.15, 0.2) is 24.4 Å². The summed E-state index contributed by atoms with van der Waals surface area (Å²) in [6.45, 7) is 4.82. The third-order valence-corrected chi connectivity index (χ3v) is 5.05. The molecule has 3 rings (SSSR count). The van der Waals surface area contributed by atoms with Gasteiger partial charge in [0, 0.05) is 31.4 Å². The predicted octanol–water partition coefficient (Wildman–Crippen LogP) is 3.98. The van der Waals surface area contributed by atoms with Crippen LogP contribution in [-0.4, -0.2) is 52.8 Å². The van der Waals surface area contributed by atoms with Crippen molar-refractivity contribution in [1.29, 1.82) is 0 Å². The van der Waals surface area contributed by atoms with Gasteiger partial charge in [0.2, 0.25) is 0 Å². The van der Waals surface area contributed by atoms with Crippen molar-refractivity contribution in [1.82, 2.24) is 19.7 Å². The van der Waals surface area contributed by atoms with Crippen LogP contribution in [0.25, 0.3) is 10.2 Å². The van der Waals surface area contributed by atoms with Crippen LogP contribution in [0.2, 0.25) is 0 Å². The maximum Gasteiger partial charge on any atom is 0.278 e. The molecule has 0 aliphatic rings. The Morgan fingerprint density at radius 2 is 1.96 bits per heavy atom. The van der Waals surface area contributed by atoms with Crippen LogP contribution < -0.4 is 4.90 Å². The lowest BCUT2D eigenvalue weighted by Crippen LogP contribution is -2.38. The first kappa shape index (κ1) is 22.2. The fraction of sp³-hybridized carbons (Fsp3) is 0.389. The van der Waals surface area contributed by atoms with E-state index in [0.717, 1.165) is 17.4 Å². The van der Waals surface area contributed by atoms with Gasteiger partial charge in [-0.05, 0) is 40.1 Å². The summed E-state index contributed by atoms with van der Waals surface area (Å²) in [5.41, 5.74) is 0.492. The van der Waals surface area contributed by atoms with Gasteiger partial charge in [0.05, 0.1) is 4.70 Å². The number of hydrogen-bond acceptors (Lipinski definition) is 5. The summed E-state index contributed by atoms with van der Waals surface area (Å²) in [4.78, 5) is 20.9. The molecule has 1 aromatic carbocycles. The lowest BCUT2D eigenvalue weighted by molar-refractivity contribution is 0.0973. The topological polar surface area (TPSA) is 54.3 Å². The Labute approximate surface area is 172 Å². The number of aromatic nitrogens is 3. The number of hydrogen-bond donors (Lipinski definition) is 0. The molecule has 0 N–H and O–H groups in total. The van der Waals surface area contributed by atoms with Crippen molar-refractivity contribution in [3.05, 3.63) is 41.7 Å². The van der Waals surface area contributed by atoms with Crippen LogP contribution in [-0.2, 0) is 0 Å². The van der Waals surface area contributed by atoms with Gasteiger partial charge in [-0.15, -0.1) is 12.4 Å². The molecule has 10 heteroatoms. The molecule has 0 spiro atoms. The molecule has 28 heavy (non-hydrogen) atoms. The third kappa shape index (κ3) is 4.48. The molecule has 0 saturated heterocycles. The fourth-order valence-corrected chi connectivity index (χ4v) is 3.71. The second-order valence-corrected chi connectivity index (χ2v) is 7.75. The van der Waals surface area contributed by atoms with E-state index in [1.165, 1.54) is 11.0 Å². The lowest BCUT2D eigenvalue weighted by atomic mass is 10.3. The zero-order valence-corrected chi connectivity index (χ0v) is 17.7. The minimum atomic E-state index is -0.736. The van der Waals surface area contributed by atoms with Crippen LogP contribution in [0.3, 0.4) is 0 Å². The third-order valence-electron chi connectivity index (χ3n) is 4.03. The molecular formula is C18H22ClF2N5OS. The van der Waals surface area contributed by atoms with E-state index in [2.05, 4.69) is 10.1 Å². The summed E-state index contributed by atoms with van der Waals surface area (Å²) in [6, 6.07) is 3.69. The van der Waals surface area contributed by atoms with E-state index < -0.39 is 11.6 Å². The van der Waals surface area contributed by atoms with Gasteiger partial charge in [0.25, 0.3) is 5.91 Å². The highest BCUT2D eigenvalue weighted by Crippen LogP contribution is 2.32. The molecule has 0 bridgehead atoms. The maximum atomic E-state index is 14.1. The number of anilines is 1. The Hall–Kier alpha value is -2.10. The maximum absolute atomic E-state index is 14.1. The van der Waals surface area contributed by atoms with Crippen molar-refractivity contribution in [2.45, 2.75) is 19.9 Å². The summed E-state index contributed by atoms with van der Waals surface area (Å²) < 4.78 is 29.6. The van der Waals surface area contributed by atoms with Crippen LogP contribution in [0.4, 0.5) is 13.9 Å². The Bertz CT molecular complexity index is 972. The molecule has 0 saturated carbocycles. The Morgan fingerprint density at radius 1 is 1.25 bits per heavy atom. The van der Waals surface area contributed by atoms with E-state index in [1.807, 2.05) is 32.8 Å². The summed E-state index contributed by atoms with van der Waals surface area (Å²) in [6.07, 6.45) is 1.57. The average molecular weight is 430 g/mol. The van der Waals surface area contributed by atoms with Gasteiger partial charge in [0.15, 0.2) is 10.9 Å². The number of carbonyl (C=O) groups is 1. The monoisotopic (exact) mass is 429 g/mol. The molecule has 1 amide bonds. The van der Waals surface area contributed by atoms with Crippen LogP contribution in [0.1, 0.15) is 30.4 Å². The van der Waals surface area contributed by atoms with Gasteiger partial charge >= 0.3 is 0 Å². The van der Waals surface area contributed by atoms with Crippen molar-refractivity contribution in [3.63, 3.8) is 0 Å². The van der Waals surface area contributed by atoms with Crippen molar-refractivity contribution < 1.29 is 13.6 Å². The van der Waals surface area contributed by atoms with E-state index in [4.69, 9.17) is 0 Å². The molecule has 0 atom stereocenters. The molecule has 0 aliphatic carbocycles. The molecule has 0 aliphatic heterocycles. The zero-order chi connectivity index (χ0) is 19.7. The number of fused-ring (bicyclic) bond motifs is 1. The molecule has 6 nitrogen and oxygen atoms in total. The molecule has 152 valence electrons. The van der Waals surface area contributed by atoms with E-state index in [0.29, 0.717) is 28.6 Å². The van der Waals surface area contributed by atoms with E-state index in [1.54, 1.807) is 16.9 Å². The predicted molar refractivity (Wildman–Crippen MR) is 110 cm³/mol. The van der Waals surface area contributed by atoms with Gasteiger partial charge in [-0.2, -0.15) is 5.10 Å². The highest BCUT2D eigenvalue weighted by Gasteiger charge is 2.25. The standard InChI is InChI=1S/C18H21F2N5OS.ClH/c1-11(2)25-14(5-6-21-25)17(26)24(8-7-23(3)4)18-22-16-13(20)9-12(19)10-15(16)27-18;/h5-6,9-11H,7-8H2,1-4H3;1H. The number of likely N-dealkylation sites (N-methyl/N-ethyl adjacent to an activating group) is 1. The zero-order valence-electron chi connectivity index (χ0n) is 16.0. The minimum Gasteiger partial charge on any atom is -0.308 e. The van der Waals surface area contributed by atoms with E-state index in [-0.39, 0.29) is 29.9 Å². The van der Waals surface area contributed by atoms with Crippen molar-refractivity contribution in [2.75, 3.05) is 32.1 Å². The van der Waals surface area contributed by atoms with Crippen molar-refractivity contribution in [2.24, 2.45) is 0 Å². The molecule has 2 aromatic heterocycles. The number of rotatable bonds is 6. The SMILES string of the molecule is CC(C)n1nccc1C(=O)N(CCN(C)C)c1nc2c(F)cc(F)cc2s1.Cl. The number of nitrogens with zero attached hydrogens (tertiary/aromatic N) is 5. The highest BCUT2D eigenvalue weighted by molar-refractivity contribution is 7.22. The highest BCUT2D eigenvalue weighted by atomic mass is 35.5. The molecule has 0 fully saturated rings. The Kier molecular flexibility index (Phi) is 7.08. The number of thiazole rings is 1. The van der Waals surface area contributed by atoms with Gasteiger partial charge in [0.1, 0.15) is 17.0 Å². The normalized spacial score (nSPS) is 11.3. The van der Waals surface area contributed by atoms with E-state index >= 15 is 0 Å². The largest absolute Gasteiger partial charge is 0.308 e. The smallest absolute Gasteiger partial charge is 0.278 e. The first-order valence-electron chi connectivity index (χ1n) is 8.53. The van der Waals surface area contributed by atoms with Gasteiger partial charge < -0.3 is 4.90 Å². The van der Waals surface area contributed by atoms with Crippen molar-refractivity contribution in [3.8, 4) is 0 Å². The van der Waals surface area contributed by atoms with Gasteiger partial charge in [-0.3, -0.25) is 14.4 Å². The van der Waals surface area contributed by atoms with Gasteiger partial charge in [-0.1, -0.05) is 11.3 Å². The lowest BCUT2D eigenvalue weighted by Gasteiger charge is -2.22. The number of amides is 1. The summed E-state index contributed by atoms with van der Waals surface area (Å²) in [5.74, 6) is -1.68. The Balaban J connectivity index is 0.00000280. The molecule has 0 unspecified atom stereocenters.